The number of likely N-dealkylation sites (N-methyl/N-ethyl adjacent to an activating group) is 1. The molecule has 34 heavy (non-hydrogen) atoms. The molecule has 0 spiro atoms. The Kier molecular flexibility index (Phi) is 6.30. The van der Waals surface area contributed by atoms with Crippen molar-refractivity contribution in [1.29, 1.82) is 0 Å². The minimum absolute atomic E-state index is 0.377. The van der Waals surface area contributed by atoms with Crippen LogP contribution in [-0.4, -0.2) is 66.5 Å². The van der Waals surface area contributed by atoms with Gasteiger partial charge < -0.3 is 24.8 Å². The molecule has 3 aromatic rings. The molecule has 0 aliphatic carbocycles. The zero-order valence-electron chi connectivity index (χ0n) is 19.8. The molecule has 1 aliphatic rings. The normalized spacial score (nSPS) is 18.0. The Morgan fingerprint density at radius 1 is 1.12 bits per heavy atom. The fourth-order valence-electron chi connectivity index (χ4n) is 4.09. The number of amides is 4. The molecule has 9 nitrogen and oxygen atoms in total. The van der Waals surface area contributed by atoms with E-state index >= 15 is 0 Å². The van der Waals surface area contributed by atoms with Crippen LogP contribution in [-0.2, 0) is 21.7 Å². The molecule has 9 heteroatoms. The van der Waals surface area contributed by atoms with Gasteiger partial charge in [-0.2, -0.15) is 0 Å². The van der Waals surface area contributed by atoms with E-state index in [1.54, 1.807) is 38.3 Å². The van der Waals surface area contributed by atoms with Crippen molar-refractivity contribution in [3.8, 4) is 5.75 Å². The topological polar surface area (TPSA) is 95.9 Å². The molecule has 0 saturated carbocycles. The fourth-order valence-corrected chi connectivity index (χ4v) is 4.09. The van der Waals surface area contributed by atoms with Crippen molar-refractivity contribution in [2.45, 2.75) is 19.0 Å². The average molecular weight is 464 g/mol. The number of anilines is 1. The molecule has 1 aromatic heterocycles. The number of nitrogens with zero attached hydrogens (tertiary/aromatic N) is 3. The second-order valence-electron chi connectivity index (χ2n) is 8.81. The van der Waals surface area contributed by atoms with E-state index in [2.05, 4.69) is 20.1 Å². The van der Waals surface area contributed by atoms with Crippen molar-refractivity contribution < 1.29 is 19.1 Å². The summed E-state index contributed by atoms with van der Waals surface area (Å²) in [4.78, 5) is 41.4. The predicted molar refractivity (Wildman–Crippen MR) is 130 cm³/mol. The molecule has 0 bridgehead atoms. The van der Waals surface area contributed by atoms with Crippen LogP contribution in [0.5, 0.6) is 5.75 Å². The Balaban J connectivity index is 1.43. The van der Waals surface area contributed by atoms with Crippen molar-refractivity contribution in [3.05, 3.63) is 60.3 Å². The van der Waals surface area contributed by atoms with Crippen LogP contribution in [0.4, 0.5) is 10.5 Å². The standard InChI is InChI=1S/C25H29N5O4/c1-25(18-5-8-20(34-4)9-6-18)23(32)30(24(33)27-25)16-22(31)26-19-7-10-21-17(15-19)11-12-29(21)14-13-28(2)3/h5-12,15H,13-14,16H2,1-4H3,(H,26,31)(H,27,33). The summed E-state index contributed by atoms with van der Waals surface area (Å²) in [6.45, 7) is 3.03. The minimum atomic E-state index is -1.25. The lowest BCUT2D eigenvalue weighted by atomic mass is 9.92. The Morgan fingerprint density at radius 3 is 2.53 bits per heavy atom. The molecule has 4 amide bonds. The van der Waals surface area contributed by atoms with Crippen molar-refractivity contribution in [2.75, 3.05) is 39.6 Å². The SMILES string of the molecule is COc1ccc(C2(C)NC(=O)N(CC(=O)Nc3ccc4c(ccn4CCN(C)C)c3)C2=O)cc1. The van der Waals surface area contributed by atoms with Crippen LogP contribution in [0.2, 0.25) is 0 Å². The Bertz CT molecular complexity index is 1230. The molecule has 2 aromatic carbocycles. The third kappa shape index (κ3) is 4.47. The van der Waals surface area contributed by atoms with Gasteiger partial charge in [0.15, 0.2) is 0 Å². The number of benzene rings is 2. The highest BCUT2D eigenvalue weighted by Crippen LogP contribution is 2.30. The first-order chi connectivity index (χ1) is 16.2. The molecule has 1 unspecified atom stereocenters. The zero-order chi connectivity index (χ0) is 24.5. The molecule has 4 rings (SSSR count). The highest BCUT2D eigenvalue weighted by Gasteiger charge is 2.49. The van der Waals surface area contributed by atoms with Crippen LogP contribution < -0.4 is 15.4 Å². The molecular formula is C25H29N5O4. The lowest BCUT2D eigenvalue weighted by Crippen LogP contribution is -2.42. The number of fused-ring (bicyclic) bond motifs is 1. The molecule has 2 N–H and O–H groups in total. The van der Waals surface area contributed by atoms with Gasteiger partial charge in [-0.15, -0.1) is 0 Å². The van der Waals surface area contributed by atoms with E-state index in [1.165, 1.54) is 0 Å². The van der Waals surface area contributed by atoms with Gasteiger partial charge in [-0.05, 0) is 63.0 Å². The van der Waals surface area contributed by atoms with E-state index in [0.717, 1.165) is 28.9 Å². The summed E-state index contributed by atoms with van der Waals surface area (Å²) in [5.41, 5.74) is 1.04. The molecule has 0 radical (unpaired) electrons. The van der Waals surface area contributed by atoms with Crippen LogP contribution in [0, 0.1) is 0 Å². The first-order valence-electron chi connectivity index (χ1n) is 11.0. The van der Waals surface area contributed by atoms with E-state index in [9.17, 15) is 14.4 Å². The van der Waals surface area contributed by atoms with Gasteiger partial charge in [-0.25, -0.2) is 4.79 Å². The van der Waals surface area contributed by atoms with Crippen LogP contribution >= 0.6 is 0 Å². The second kappa shape index (κ2) is 9.18. The Morgan fingerprint density at radius 2 is 1.85 bits per heavy atom. The molecule has 1 atom stereocenters. The van der Waals surface area contributed by atoms with Gasteiger partial charge in [0.05, 0.1) is 7.11 Å². The van der Waals surface area contributed by atoms with Crippen molar-refractivity contribution in [1.82, 2.24) is 19.7 Å². The van der Waals surface area contributed by atoms with E-state index in [0.29, 0.717) is 17.0 Å². The average Bonchev–Trinajstić information content (AvgIpc) is 3.31. The lowest BCUT2D eigenvalue weighted by molar-refractivity contribution is -0.133. The van der Waals surface area contributed by atoms with E-state index in [-0.39, 0.29) is 6.54 Å². The number of methoxy groups -OCH3 is 1. The number of carbonyl (C=O) groups excluding carboxylic acids is 3. The van der Waals surface area contributed by atoms with Crippen LogP contribution in [0.3, 0.4) is 0 Å². The van der Waals surface area contributed by atoms with Crippen LogP contribution in [0.1, 0.15) is 12.5 Å². The summed E-state index contributed by atoms with van der Waals surface area (Å²) in [5, 5.41) is 6.51. The number of carbonyl (C=O) groups is 3. The van der Waals surface area contributed by atoms with E-state index in [1.807, 2.05) is 44.6 Å². The maximum atomic E-state index is 13.1. The van der Waals surface area contributed by atoms with Crippen LogP contribution in [0.25, 0.3) is 10.9 Å². The number of aromatic nitrogens is 1. The summed E-state index contributed by atoms with van der Waals surface area (Å²) >= 11 is 0. The summed E-state index contributed by atoms with van der Waals surface area (Å²) in [6.07, 6.45) is 2.02. The number of ether oxygens (including phenoxy) is 1. The van der Waals surface area contributed by atoms with Gasteiger partial charge >= 0.3 is 6.03 Å². The predicted octanol–water partition coefficient (Wildman–Crippen LogP) is 2.62. The summed E-state index contributed by atoms with van der Waals surface area (Å²) in [7, 11) is 5.62. The van der Waals surface area contributed by atoms with E-state index < -0.39 is 23.4 Å². The molecule has 1 aliphatic heterocycles. The number of hydrogen-bond donors (Lipinski definition) is 2. The largest absolute Gasteiger partial charge is 0.497 e. The van der Waals surface area contributed by atoms with Crippen LogP contribution in [0.15, 0.2) is 54.7 Å². The van der Waals surface area contributed by atoms with Crippen molar-refractivity contribution in [2.24, 2.45) is 0 Å². The fraction of sp³-hybridized carbons (Fsp3) is 0.320. The second-order valence-corrected chi connectivity index (χ2v) is 8.81. The molecule has 178 valence electrons. The van der Waals surface area contributed by atoms with Gasteiger partial charge in [0.25, 0.3) is 5.91 Å². The van der Waals surface area contributed by atoms with Crippen molar-refractivity contribution >= 4 is 34.4 Å². The summed E-state index contributed by atoms with van der Waals surface area (Å²) in [5.74, 6) is -0.287. The number of rotatable bonds is 8. The molecule has 2 heterocycles. The molecular weight excluding hydrogens is 434 g/mol. The van der Waals surface area contributed by atoms with E-state index in [4.69, 9.17) is 4.74 Å². The van der Waals surface area contributed by atoms with Gasteiger partial charge in [0.1, 0.15) is 17.8 Å². The third-order valence-electron chi connectivity index (χ3n) is 6.09. The minimum Gasteiger partial charge on any atom is -0.497 e. The Hall–Kier alpha value is -3.85. The first kappa shape index (κ1) is 23.3. The summed E-state index contributed by atoms with van der Waals surface area (Å²) < 4.78 is 7.31. The zero-order valence-corrected chi connectivity index (χ0v) is 19.8. The molecule has 1 saturated heterocycles. The Labute approximate surface area is 198 Å². The van der Waals surface area contributed by atoms with Gasteiger partial charge in [0, 0.05) is 35.9 Å². The molecule has 1 fully saturated rings. The maximum absolute atomic E-state index is 13.1. The quantitative estimate of drug-likeness (QED) is 0.501. The highest BCUT2D eigenvalue weighted by molar-refractivity contribution is 6.10. The van der Waals surface area contributed by atoms with Crippen molar-refractivity contribution in [3.63, 3.8) is 0 Å². The number of nitrogens with one attached hydrogen (secondary N) is 2. The van der Waals surface area contributed by atoms with Gasteiger partial charge in [-0.3, -0.25) is 14.5 Å². The third-order valence-corrected chi connectivity index (χ3v) is 6.09. The van der Waals surface area contributed by atoms with Gasteiger partial charge in [0.2, 0.25) is 5.91 Å². The number of imide groups is 1. The monoisotopic (exact) mass is 463 g/mol. The smallest absolute Gasteiger partial charge is 0.325 e. The maximum Gasteiger partial charge on any atom is 0.325 e. The van der Waals surface area contributed by atoms with Gasteiger partial charge in [-0.1, -0.05) is 12.1 Å². The first-order valence-corrected chi connectivity index (χ1v) is 11.0. The number of urea groups is 1. The summed E-state index contributed by atoms with van der Waals surface area (Å²) in [6, 6.07) is 13.9. The lowest BCUT2D eigenvalue weighted by Gasteiger charge is -2.22. The number of hydrogen-bond acceptors (Lipinski definition) is 5. The highest BCUT2D eigenvalue weighted by atomic mass is 16.5.